The zero-order valence-electron chi connectivity index (χ0n) is 28.7. The van der Waals surface area contributed by atoms with Gasteiger partial charge in [-0.15, -0.1) is 0 Å². The van der Waals surface area contributed by atoms with E-state index in [9.17, 15) is 19.8 Å². The van der Waals surface area contributed by atoms with Crippen LogP contribution < -0.4 is 0 Å². The third-order valence-electron chi connectivity index (χ3n) is 7.42. The summed E-state index contributed by atoms with van der Waals surface area (Å²) in [7, 11) is 0. The maximum Gasteiger partial charge on any atom is 0.305 e. The van der Waals surface area contributed by atoms with Gasteiger partial charge in [0, 0.05) is 12.8 Å². The molecule has 2 N–H and O–H groups in total. The minimum Gasteiger partial charge on any atom is -0.463 e. The van der Waals surface area contributed by atoms with Crippen LogP contribution in [0, 0.1) is 0 Å². The third-order valence-corrected chi connectivity index (χ3v) is 7.42. The SMILES string of the molecule is CCCCCCCCCCCCCCCC(=O)OC[C@@H](O)COC(=O)CCC/C=C\C/C=C\C/C=C\C/C=C\C=C\[C@@H](O)CC. The van der Waals surface area contributed by atoms with Crippen LogP contribution in [0.25, 0.3) is 0 Å². The van der Waals surface area contributed by atoms with Crippen molar-refractivity contribution < 1.29 is 29.3 Å². The number of unbranched alkanes of at least 4 members (excludes halogenated alkanes) is 13. The zero-order valence-corrected chi connectivity index (χ0v) is 28.7. The van der Waals surface area contributed by atoms with Crippen LogP contribution in [0.4, 0.5) is 0 Å². The minimum absolute atomic E-state index is 0.143. The number of rotatable bonds is 31. The number of carbonyl (C=O) groups excluding carboxylic acids is 2. The van der Waals surface area contributed by atoms with Crippen LogP contribution in [0.1, 0.15) is 149 Å². The van der Waals surface area contributed by atoms with Crippen molar-refractivity contribution in [3.05, 3.63) is 60.8 Å². The van der Waals surface area contributed by atoms with E-state index in [2.05, 4.69) is 49.5 Å². The fourth-order valence-electron chi connectivity index (χ4n) is 4.54. The van der Waals surface area contributed by atoms with E-state index in [1.807, 2.05) is 19.1 Å². The van der Waals surface area contributed by atoms with Gasteiger partial charge < -0.3 is 19.7 Å². The molecule has 0 aliphatic rings. The molecule has 45 heavy (non-hydrogen) atoms. The number of aliphatic hydroxyl groups excluding tert-OH is 2. The normalized spacial score (nSPS) is 13.6. The predicted molar refractivity (Wildman–Crippen MR) is 188 cm³/mol. The van der Waals surface area contributed by atoms with E-state index in [-0.39, 0.29) is 31.3 Å². The first-order valence-corrected chi connectivity index (χ1v) is 17.9. The molecule has 0 aliphatic heterocycles. The van der Waals surface area contributed by atoms with E-state index in [1.165, 1.54) is 64.2 Å². The highest BCUT2D eigenvalue weighted by molar-refractivity contribution is 5.69. The van der Waals surface area contributed by atoms with Crippen molar-refractivity contribution in [1.29, 1.82) is 0 Å². The lowest BCUT2D eigenvalue weighted by molar-refractivity contribution is -0.152. The molecular weight excluding hydrogens is 564 g/mol. The summed E-state index contributed by atoms with van der Waals surface area (Å²) in [6.07, 6.45) is 40.8. The molecule has 0 heterocycles. The maximum atomic E-state index is 11.9. The van der Waals surface area contributed by atoms with Crippen LogP contribution in [0.2, 0.25) is 0 Å². The molecule has 0 unspecified atom stereocenters. The summed E-state index contributed by atoms with van der Waals surface area (Å²) >= 11 is 0. The summed E-state index contributed by atoms with van der Waals surface area (Å²) in [5.41, 5.74) is 0. The largest absolute Gasteiger partial charge is 0.463 e. The quantitative estimate of drug-likeness (QED) is 0.0343. The molecule has 2 atom stereocenters. The van der Waals surface area contributed by atoms with Gasteiger partial charge in [-0.1, -0.05) is 152 Å². The molecule has 258 valence electrons. The van der Waals surface area contributed by atoms with Gasteiger partial charge in [-0.3, -0.25) is 9.59 Å². The fraction of sp³-hybridized carbons (Fsp3) is 0.692. The Morgan fingerprint density at radius 2 is 1.00 bits per heavy atom. The standard InChI is InChI=1S/C39H66O6/c1-3-5-6-7-8-9-10-13-17-20-23-26-29-32-38(42)44-34-37(41)35-45-39(43)33-30-27-24-21-18-15-12-11-14-16-19-22-25-28-31-36(40)4-2/h12,14-16,21-22,24-25,28,31,36-37,40-41H,3-11,13,17-20,23,26-27,29-30,32-35H2,1-2H3/b15-12-,16-14-,24-21-,25-22-,31-28+/t36-,37+/m0/s1. The molecule has 0 aromatic heterocycles. The van der Waals surface area contributed by atoms with Crippen LogP contribution in [0.15, 0.2) is 60.8 Å². The van der Waals surface area contributed by atoms with Crippen molar-refractivity contribution in [2.24, 2.45) is 0 Å². The zero-order chi connectivity index (χ0) is 33.1. The summed E-state index contributed by atoms with van der Waals surface area (Å²) in [5.74, 6) is -0.653. The monoisotopic (exact) mass is 630 g/mol. The Morgan fingerprint density at radius 3 is 1.51 bits per heavy atom. The lowest BCUT2D eigenvalue weighted by Gasteiger charge is -2.12. The van der Waals surface area contributed by atoms with Crippen molar-refractivity contribution in [1.82, 2.24) is 0 Å². The molecule has 0 aliphatic carbocycles. The summed E-state index contributed by atoms with van der Waals surface area (Å²) in [5, 5.41) is 19.4. The van der Waals surface area contributed by atoms with Crippen molar-refractivity contribution in [2.75, 3.05) is 13.2 Å². The molecule has 0 aromatic rings. The van der Waals surface area contributed by atoms with Gasteiger partial charge >= 0.3 is 11.9 Å². The topological polar surface area (TPSA) is 93.1 Å². The van der Waals surface area contributed by atoms with Crippen molar-refractivity contribution in [3.63, 3.8) is 0 Å². The highest BCUT2D eigenvalue weighted by Gasteiger charge is 2.12. The number of carbonyl (C=O) groups is 2. The van der Waals surface area contributed by atoms with Gasteiger partial charge in [0.2, 0.25) is 0 Å². The summed E-state index contributed by atoms with van der Waals surface area (Å²) in [6, 6.07) is 0. The Labute approximate surface area is 275 Å². The first kappa shape index (κ1) is 42.6. The Kier molecular flexibility index (Phi) is 32.6. The molecule has 0 spiro atoms. The second-order valence-electron chi connectivity index (χ2n) is 11.8. The molecule has 0 rings (SSSR count). The van der Waals surface area contributed by atoms with E-state index in [0.717, 1.165) is 51.4 Å². The second kappa shape index (κ2) is 34.4. The van der Waals surface area contributed by atoms with Crippen LogP contribution in [0.5, 0.6) is 0 Å². The predicted octanol–water partition coefficient (Wildman–Crippen LogP) is 9.81. The fourth-order valence-corrected chi connectivity index (χ4v) is 4.54. The van der Waals surface area contributed by atoms with E-state index in [1.54, 1.807) is 6.08 Å². The van der Waals surface area contributed by atoms with Gasteiger partial charge in [0.05, 0.1) is 6.10 Å². The number of allylic oxidation sites excluding steroid dienone is 9. The van der Waals surface area contributed by atoms with Gasteiger partial charge in [-0.05, 0) is 44.9 Å². The second-order valence-corrected chi connectivity index (χ2v) is 11.8. The number of esters is 2. The first-order chi connectivity index (χ1) is 22.0. The first-order valence-electron chi connectivity index (χ1n) is 17.9. The van der Waals surface area contributed by atoms with Gasteiger partial charge in [0.25, 0.3) is 0 Å². The molecule has 0 aromatic carbocycles. The maximum absolute atomic E-state index is 11.9. The molecule has 0 saturated heterocycles. The Bertz CT molecular complexity index is 825. The molecule has 0 amide bonds. The van der Waals surface area contributed by atoms with Gasteiger partial charge in [-0.25, -0.2) is 0 Å². The van der Waals surface area contributed by atoms with Crippen LogP contribution in [-0.4, -0.2) is 47.6 Å². The number of hydrogen-bond donors (Lipinski definition) is 2. The Hall–Kier alpha value is -2.44. The smallest absolute Gasteiger partial charge is 0.305 e. The minimum atomic E-state index is -0.995. The molecule has 0 saturated carbocycles. The Morgan fingerprint density at radius 1 is 0.556 bits per heavy atom. The molecule has 0 fully saturated rings. The van der Waals surface area contributed by atoms with Crippen LogP contribution in [0.3, 0.4) is 0 Å². The van der Waals surface area contributed by atoms with Crippen molar-refractivity contribution in [3.8, 4) is 0 Å². The number of ether oxygens (including phenoxy) is 2. The highest BCUT2D eigenvalue weighted by Crippen LogP contribution is 2.13. The molecule has 6 nitrogen and oxygen atoms in total. The Balaban J connectivity index is 3.59. The lowest BCUT2D eigenvalue weighted by Crippen LogP contribution is -2.25. The summed E-state index contributed by atoms with van der Waals surface area (Å²) in [6.45, 7) is 3.90. The van der Waals surface area contributed by atoms with Crippen LogP contribution >= 0.6 is 0 Å². The average Bonchev–Trinajstić information content (AvgIpc) is 3.04. The molecular formula is C39H66O6. The van der Waals surface area contributed by atoms with Gasteiger partial charge in [0.15, 0.2) is 0 Å². The summed E-state index contributed by atoms with van der Waals surface area (Å²) in [4.78, 5) is 23.8. The van der Waals surface area contributed by atoms with E-state index >= 15 is 0 Å². The van der Waals surface area contributed by atoms with Crippen molar-refractivity contribution in [2.45, 2.75) is 161 Å². The highest BCUT2D eigenvalue weighted by atomic mass is 16.6. The lowest BCUT2D eigenvalue weighted by atomic mass is 10.0. The van der Waals surface area contributed by atoms with Gasteiger partial charge in [-0.2, -0.15) is 0 Å². The molecule has 0 radical (unpaired) electrons. The number of aliphatic hydroxyl groups is 2. The summed E-state index contributed by atoms with van der Waals surface area (Å²) < 4.78 is 10.2. The van der Waals surface area contributed by atoms with Crippen LogP contribution in [-0.2, 0) is 19.1 Å². The van der Waals surface area contributed by atoms with E-state index < -0.39 is 6.10 Å². The number of hydrogen-bond acceptors (Lipinski definition) is 6. The molecule has 6 heteroatoms. The van der Waals surface area contributed by atoms with Crippen molar-refractivity contribution >= 4 is 11.9 Å². The third kappa shape index (κ3) is 34.3. The molecule has 0 bridgehead atoms. The van der Waals surface area contributed by atoms with Gasteiger partial charge in [0.1, 0.15) is 19.3 Å². The van der Waals surface area contributed by atoms with E-state index in [4.69, 9.17) is 9.47 Å². The average molecular weight is 631 g/mol. The van der Waals surface area contributed by atoms with E-state index in [0.29, 0.717) is 19.3 Å².